The molecule has 5 rings (SSSR count). The maximum absolute atomic E-state index is 14.3. The molecule has 0 spiro atoms. The van der Waals surface area contributed by atoms with Gasteiger partial charge in [0.25, 0.3) is 0 Å². The van der Waals surface area contributed by atoms with E-state index in [1.807, 2.05) is 4.90 Å². The van der Waals surface area contributed by atoms with Gasteiger partial charge in [-0.1, -0.05) is 19.9 Å². The van der Waals surface area contributed by atoms with Crippen molar-refractivity contribution in [3.8, 4) is 11.3 Å². The van der Waals surface area contributed by atoms with Crippen molar-refractivity contribution < 1.29 is 18.3 Å². The highest BCUT2D eigenvalue weighted by Crippen LogP contribution is 2.68. The third-order valence-corrected chi connectivity index (χ3v) is 7.26. The molecule has 1 unspecified atom stereocenters. The first-order valence-electron chi connectivity index (χ1n) is 10.1. The maximum Gasteiger partial charge on any atom is 0.235 e. The van der Waals surface area contributed by atoms with Gasteiger partial charge in [-0.3, -0.25) is 4.79 Å². The highest BCUT2D eigenvalue weighted by Gasteiger charge is 2.68. The zero-order valence-electron chi connectivity index (χ0n) is 16.5. The molecule has 1 saturated heterocycles. The summed E-state index contributed by atoms with van der Waals surface area (Å²) in [5, 5.41) is 8.60. The molecule has 5 nitrogen and oxygen atoms in total. The van der Waals surface area contributed by atoms with Crippen LogP contribution in [0.5, 0.6) is 0 Å². The van der Waals surface area contributed by atoms with Crippen molar-refractivity contribution in [2.45, 2.75) is 38.0 Å². The smallest absolute Gasteiger partial charge is 0.235 e. The lowest BCUT2D eigenvalue weighted by atomic mass is 9.67. The fraction of sp³-hybridized carbons (Fsp3) is 0.500. The van der Waals surface area contributed by atoms with Crippen LogP contribution >= 0.6 is 0 Å². The summed E-state index contributed by atoms with van der Waals surface area (Å²) in [5.41, 5.74) is 0.495. The van der Waals surface area contributed by atoms with Gasteiger partial charge in [0.15, 0.2) is 0 Å². The second kappa shape index (κ2) is 6.29. The van der Waals surface area contributed by atoms with Gasteiger partial charge in [-0.2, -0.15) is 5.10 Å². The largest absolute Gasteiger partial charge is 0.378 e. The van der Waals surface area contributed by atoms with E-state index in [1.54, 1.807) is 6.07 Å². The number of aromatic nitrogens is 2. The van der Waals surface area contributed by atoms with E-state index in [9.17, 15) is 13.6 Å². The highest BCUT2D eigenvalue weighted by molar-refractivity contribution is 5.92. The van der Waals surface area contributed by atoms with Crippen LogP contribution < -0.4 is 0 Å². The summed E-state index contributed by atoms with van der Waals surface area (Å²) < 4.78 is 34.0. The normalized spacial score (nSPS) is 27.2. The molecule has 1 aromatic heterocycles. The predicted octanol–water partition coefficient (Wildman–Crippen LogP) is 3.44. The summed E-state index contributed by atoms with van der Waals surface area (Å²) in [4.78, 5) is 15.6. The number of ether oxygens (including phenoxy) is 1. The molecule has 2 fully saturated rings. The topological polar surface area (TPSA) is 55.3 Å². The number of fused-ring (bicyclic) bond motifs is 5. The minimum absolute atomic E-state index is 0.0752. The number of carbonyl (C=O) groups excluding carboxylic acids is 1. The number of rotatable bonds is 2. The van der Waals surface area contributed by atoms with Crippen LogP contribution in [0.25, 0.3) is 11.3 Å². The molecule has 2 atom stereocenters. The lowest BCUT2D eigenvalue weighted by Gasteiger charge is -2.41. The van der Waals surface area contributed by atoms with Gasteiger partial charge in [-0.05, 0) is 47.9 Å². The van der Waals surface area contributed by atoms with Crippen LogP contribution in [-0.4, -0.2) is 47.3 Å². The Bertz CT molecular complexity index is 983. The van der Waals surface area contributed by atoms with Gasteiger partial charge in [0, 0.05) is 13.1 Å². The molecular weight excluding hydrogens is 376 g/mol. The van der Waals surface area contributed by atoms with E-state index in [-0.39, 0.29) is 28.5 Å². The Morgan fingerprint density at radius 2 is 1.86 bits per heavy atom. The molecule has 1 aromatic carbocycles. The number of hydrogen-bond acceptors (Lipinski definition) is 4. The first kappa shape index (κ1) is 18.6. The van der Waals surface area contributed by atoms with E-state index < -0.39 is 17.0 Å². The van der Waals surface area contributed by atoms with Crippen molar-refractivity contribution in [1.82, 2.24) is 15.1 Å². The van der Waals surface area contributed by atoms with Crippen molar-refractivity contribution in [1.29, 1.82) is 0 Å². The number of morpholine rings is 1. The molecule has 2 heterocycles. The van der Waals surface area contributed by atoms with Crippen LogP contribution in [0.1, 0.15) is 43.9 Å². The summed E-state index contributed by atoms with van der Waals surface area (Å²) in [5.74, 6) is -1.15. The molecule has 152 valence electrons. The van der Waals surface area contributed by atoms with E-state index in [2.05, 4.69) is 24.0 Å². The summed E-state index contributed by atoms with van der Waals surface area (Å²) in [7, 11) is 0. The Labute approximate surface area is 168 Å². The van der Waals surface area contributed by atoms with Gasteiger partial charge in [-0.15, -0.1) is 5.10 Å². The van der Waals surface area contributed by atoms with Gasteiger partial charge < -0.3 is 9.64 Å². The van der Waals surface area contributed by atoms with Crippen molar-refractivity contribution in [2.75, 3.05) is 26.3 Å². The van der Waals surface area contributed by atoms with Crippen molar-refractivity contribution in [2.24, 2.45) is 5.41 Å². The molecule has 1 saturated carbocycles. The second-order valence-electron chi connectivity index (χ2n) is 8.75. The molecule has 1 amide bonds. The minimum Gasteiger partial charge on any atom is -0.378 e. The molecule has 0 radical (unpaired) electrons. The number of carbonyl (C=O) groups is 1. The van der Waals surface area contributed by atoms with Crippen LogP contribution in [0.4, 0.5) is 8.78 Å². The quantitative estimate of drug-likeness (QED) is 0.776. The zero-order chi connectivity index (χ0) is 20.4. The van der Waals surface area contributed by atoms with Gasteiger partial charge >= 0.3 is 0 Å². The van der Waals surface area contributed by atoms with E-state index in [1.165, 1.54) is 18.2 Å². The molecule has 7 heteroatoms. The van der Waals surface area contributed by atoms with Gasteiger partial charge in [0.2, 0.25) is 5.91 Å². The second-order valence-corrected chi connectivity index (χ2v) is 8.75. The molecule has 1 aliphatic heterocycles. The predicted molar refractivity (Wildman–Crippen MR) is 102 cm³/mol. The average Bonchev–Trinajstić information content (AvgIpc) is 3.09. The number of benzene rings is 1. The summed E-state index contributed by atoms with van der Waals surface area (Å²) in [6.07, 6.45) is 1.57. The highest BCUT2D eigenvalue weighted by atomic mass is 19.1. The SMILES string of the molecule is CC1(C)[C@@H]2CCC1(C(=O)N1CCOCC1)c1nnc(-c3c(F)cccc3F)cc12. The van der Waals surface area contributed by atoms with Crippen LogP contribution in [0.3, 0.4) is 0 Å². The first-order valence-corrected chi connectivity index (χ1v) is 10.1. The molecule has 3 aliphatic rings. The molecule has 2 aliphatic carbocycles. The number of amides is 1. The lowest BCUT2D eigenvalue weighted by Crippen LogP contribution is -2.54. The standard InChI is InChI=1S/C22H23F2N3O2/c1-21(2)14-6-7-22(21,20(28)27-8-10-29-11-9-27)19-13(14)12-17(25-26-19)18-15(23)4-3-5-16(18)24/h3-5,12,14H,6-11H2,1-2H3/t14-,22?/m1/s1. The Balaban J connectivity index is 1.63. The Kier molecular flexibility index (Phi) is 4.04. The van der Waals surface area contributed by atoms with Crippen molar-refractivity contribution in [3.63, 3.8) is 0 Å². The monoisotopic (exact) mass is 399 g/mol. The van der Waals surface area contributed by atoms with E-state index in [0.717, 1.165) is 18.4 Å². The van der Waals surface area contributed by atoms with Gasteiger partial charge in [0.1, 0.15) is 11.6 Å². The fourth-order valence-electron chi connectivity index (χ4n) is 5.70. The number of nitrogens with zero attached hydrogens (tertiary/aromatic N) is 3. The summed E-state index contributed by atoms with van der Waals surface area (Å²) >= 11 is 0. The van der Waals surface area contributed by atoms with Gasteiger partial charge in [-0.25, -0.2) is 8.78 Å². The van der Waals surface area contributed by atoms with Crippen LogP contribution in [0.15, 0.2) is 24.3 Å². The van der Waals surface area contributed by atoms with Crippen LogP contribution in [-0.2, 0) is 14.9 Å². The third kappa shape index (κ3) is 2.37. The molecule has 29 heavy (non-hydrogen) atoms. The fourth-order valence-corrected chi connectivity index (χ4v) is 5.70. The number of hydrogen-bond donors (Lipinski definition) is 0. The first-order chi connectivity index (χ1) is 13.9. The maximum atomic E-state index is 14.3. The summed E-state index contributed by atoms with van der Waals surface area (Å²) in [6, 6.07) is 5.50. The van der Waals surface area contributed by atoms with E-state index in [4.69, 9.17) is 4.74 Å². The minimum atomic E-state index is -0.746. The summed E-state index contributed by atoms with van der Waals surface area (Å²) in [6.45, 7) is 6.43. The van der Waals surface area contributed by atoms with Crippen LogP contribution in [0.2, 0.25) is 0 Å². The third-order valence-electron chi connectivity index (χ3n) is 7.26. The molecule has 0 N–H and O–H groups in total. The molecule has 2 aromatic rings. The Hall–Kier alpha value is -2.41. The van der Waals surface area contributed by atoms with E-state index in [0.29, 0.717) is 32.0 Å². The Morgan fingerprint density at radius 3 is 2.55 bits per heavy atom. The van der Waals surface area contributed by atoms with Gasteiger partial charge in [0.05, 0.1) is 35.6 Å². The zero-order valence-corrected chi connectivity index (χ0v) is 16.5. The Morgan fingerprint density at radius 1 is 1.17 bits per heavy atom. The molecular formula is C22H23F2N3O2. The van der Waals surface area contributed by atoms with Crippen molar-refractivity contribution in [3.05, 3.63) is 47.2 Å². The van der Waals surface area contributed by atoms with E-state index >= 15 is 0 Å². The lowest BCUT2D eigenvalue weighted by molar-refractivity contribution is -0.145. The van der Waals surface area contributed by atoms with Crippen LogP contribution in [0, 0.1) is 17.0 Å². The van der Waals surface area contributed by atoms with Crippen molar-refractivity contribution >= 4 is 5.91 Å². The number of halogens is 2. The average molecular weight is 399 g/mol. The molecule has 2 bridgehead atoms.